The van der Waals surface area contributed by atoms with Gasteiger partial charge >= 0.3 is 0 Å². The molecule has 1 saturated heterocycles. The van der Waals surface area contributed by atoms with Crippen LogP contribution in [0.3, 0.4) is 0 Å². The minimum atomic E-state index is -1.39. The van der Waals surface area contributed by atoms with Crippen molar-refractivity contribution in [3.63, 3.8) is 0 Å². The Balaban J connectivity index is 0.00000156. The number of ether oxygens (including phenoxy) is 1. The molecule has 0 amide bonds. The van der Waals surface area contributed by atoms with Gasteiger partial charge in [0, 0.05) is 0 Å². The second-order valence-corrected chi connectivity index (χ2v) is 6.02. The fourth-order valence-corrected chi connectivity index (χ4v) is 2.69. The summed E-state index contributed by atoms with van der Waals surface area (Å²) in [6.45, 7) is 2.56. The molecule has 0 spiro atoms. The lowest BCUT2D eigenvalue weighted by atomic mass is 10.1. The van der Waals surface area contributed by atoms with Gasteiger partial charge in [0.15, 0.2) is 23.2 Å². The van der Waals surface area contributed by atoms with Gasteiger partial charge in [-0.3, -0.25) is 4.57 Å². The van der Waals surface area contributed by atoms with E-state index in [9.17, 15) is 20.4 Å². The zero-order chi connectivity index (χ0) is 16.9. The van der Waals surface area contributed by atoms with E-state index in [4.69, 9.17) is 10.5 Å². The van der Waals surface area contributed by atoms with Crippen molar-refractivity contribution in [2.24, 2.45) is 0 Å². The van der Waals surface area contributed by atoms with Gasteiger partial charge in [0.2, 0.25) is 0 Å². The lowest BCUT2D eigenvalue weighted by Crippen LogP contribution is -2.34. The summed E-state index contributed by atoms with van der Waals surface area (Å²) in [7, 11) is 0. The van der Waals surface area contributed by atoms with Crippen LogP contribution in [-0.2, 0) is 10.3 Å². The second kappa shape index (κ2) is 7.13. The van der Waals surface area contributed by atoms with E-state index in [1.54, 1.807) is 0 Å². The van der Waals surface area contributed by atoms with Gasteiger partial charge in [0.1, 0.15) is 36.1 Å². The molecule has 0 bridgehead atoms. The van der Waals surface area contributed by atoms with Gasteiger partial charge < -0.3 is 41.8 Å². The van der Waals surface area contributed by atoms with Crippen LogP contribution in [0, 0.1) is 0 Å². The van der Waals surface area contributed by atoms with Crippen molar-refractivity contribution in [1.29, 1.82) is 0 Å². The maximum atomic E-state index is 10.4. The number of imidazole rings is 1. The van der Waals surface area contributed by atoms with E-state index in [1.807, 2.05) is 0 Å². The number of aliphatic hydroxyl groups is 4. The molecule has 0 aromatic carbocycles. The molecule has 3 heterocycles. The van der Waals surface area contributed by atoms with Crippen molar-refractivity contribution < 1.29 is 36.1 Å². The number of hydrogen-bond acceptors (Lipinski definition) is 9. The van der Waals surface area contributed by atoms with Gasteiger partial charge in [-0.15, -0.1) is 0 Å². The molecule has 0 unspecified atom stereocenters. The molecule has 4 atom stereocenters. The van der Waals surface area contributed by atoms with Crippen LogP contribution in [0.2, 0.25) is 0 Å². The molecule has 25 heavy (non-hydrogen) atoms. The third kappa shape index (κ3) is 3.28. The molecule has 0 saturated carbocycles. The maximum Gasteiger partial charge on any atom is 0.167 e. The summed E-state index contributed by atoms with van der Waals surface area (Å²) in [6, 6.07) is 0. The maximum absolute atomic E-state index is 10.4. The first-order chi connectivity index (χ1) is 10.8. The van der Waals surface area contributed by atoms with Crippen molar-refractivity contribution in [2.45, 2.75) is 44.0 Å². The van der Waals surface area contributed by atoms with Gasteiger partial charge in [-0.05, 0) is 13.8 Å². The lowest BCUT2D eigenvalue weighted by molar-refractivity contribution is -0.0582. The van der Waals surface area contributed by atoms with Gasteiger partial charge in [-0.25, -0.2) is 15.0 Å². The van der Waals surface area contributed by atoms with E-state index in [0.29, 0.717) is 0 Å². The van der Waals surface area contributed by atoms with Crippen LogP contribution in [0.5, 0.6) is 0 Å². The molecule has 10 N–H and O–H groups in total. The fourth-order valence-electron chi connectivity index (χ4n) is 2.69. The van der Waals surface area contributed by atoms with E-state index in [1.165, 1.54) is 24.7 Å². The average Bonchev–Trinajstić information content (AvgIpc) is 2.99. The number of fused-ring (bicyclic) bond motifs is 1. The largest absolute Gasteiger partial charge is 0.412 e. The number of rotatable bonds is 3. The van der Waals surface area contributed by atoms with E-state index < -0.39 is 36.7 Å². The van der Waals surface area contributed by atoms with Gasteiger partial charge in [0.25, 0.3) is 0 Å². The van der Waals surface area contributed by atoms with Gasteiger partial charge in [0.05, 0.1) is 6.61 Å². The molecule has 0 aliphatic carbocycles. The second-order valence-electron chi connectivity index (χ2n) is 6.02. The highest BCUT2D eigenvalue weighted by Crippen LogP contribution is 2.36. The van der Waals surface area contributed by atoms with Crippen LogP contribution < -0.4 is 5.73 Å². The predicted molar refractivity (Wildman–Crippen MR) is 85.2 cm³/mol. The van der Waals surface area contributed by atoms with Crippen LogP contribution in [0.15, 0.2) is 6.33 Å². The lowest BCUT2D eigenvalue weighted by Gasteiger charge is -2.24. The smallest absolute Gasteiger partial charge is 0.167 e. The number of aromatic nitrogens is 4. The Morgan fingerprint density at radius 1 is 1.24 bits per heavy atom. The molecule has 3 rings (SSSR count). The first-order valence-electron chi connectivity index (χ1n) is 7.09. The highest BCUT2D eigenvalue weighted by Gasteiger charge is 2.46. The fraction of sp³-hybridized carbons (Fsp3) is 0.615. The topological polar surface area (TPSA) is 223 Å². The number of nitrogens with two attached hydrogens (primary N) is 1. The summed E-state index contributed by atoms with van der Waals surface area (Å²) in [6.07, 6.45) is -3.42. The monoisotopic (exact) mass is 361 g/mol. The summed E-state index contributed by atoms with van der Waals surface area (Å²) >= 11 is 0. The molecule has 1 fully saturated rings. The summed E-state index contributed by atoms with van der Waals surface area (Å²) in [5, 5.41) is 39.8. The molecule has 142 valence electrons. The Hall–Kier alpha value is -1.93. The molecule has 1 aliphatic heterocycles. The predicted octanol–water partition coefficient (Wildman–Crippen LogP) is -3.40. The Kier molecular flexibility index (Phi) is 6.02. The van der Waals surface area contributed by atoms with Crippen LogP contribution in [0.1, 0.15) is 25.9 Å². The standard InChI is InChI=1S/C13H19N5O5.2H2O/c1-13(2,22)12-17-6-9(14)15-4-16-10(6)18(12)11-8(21)7(20)5(3-19)23-11;;/h4-5,7-8,11,19-22H,3H2,1-2H3,(H2,14,15,16);2*1H2/t5-,7-,8-,11-;;/m1../s1. The first kappa shape index (κ1) is 21.1. The average molecular weight is 361 g/mol. The van der Waals surface area contributed by atoms with Gasteiger partial charge in [-0.2, -0.15) is 0 Å². The Bertz CT molecular complexity index is 731. The van der Waals surface area contributed by atoms with Crippen LogP contribution in [0.25, 0.3) is 11.2 Å². The number of aliphatic hydroxyl groups excluding tert-OH is 3. The van der Waals surface area contributed by atoms with Crippen LogP contribution in [0.4, 0.5) is 5.82 Å². The normalized spacial score (nSPS) is 26.3. The summed E-state index contributed by atoms with van der Waals surface area (Å²) in [5.74, 6) is 0.264. The van der Waals surface area contributed by atoms with E-state index in [2.05, 4.69) is 15.0 Å². The van der Waals surface area contributed by atoms with E-state index >= 15 is 0 Å². The number of nitrogens with zero attached hydrogens (tertiary/aromatic N) is 4. The zero-order valence-corrected chi connectivity index (χ0v) is 13.7. The summed E-state index contributed by atoms with van der Waals surface area (Å²) < 4.78 is 6.90. The molecule has 12 heteroatoms. The quantitative estimate of drug-likeness (QED) is 0.366. The molecule has 0 radical (unpaired) electrons. The van der Waals surface area contributed by atoms with E-state index in [0.717, 1.165) is 0 Å². The third-order valence-electron chi connectivity index (χ3n) is 3.82. The minimum Gasteiger partial charge on any atom is -0.412 e. The van der Waals surface area contributed by atoms with Crippen molar-refractivity contribution >= 4 is 17.0 Å². The summed E-state index contributed by atoms with van der Waals surface area (Å²) in [4.78, 5) is 12.2. The Labute approximate surface area is 142 Å². The number of hydrogen-bond donors (Lipinski definition) is 5. The van der Waals surface area contributed by atoms with Crippen molar-refractivity contribution in [3.05, 3.63) is 12.2 Å². The van der Waals surface area contributed by atoms with Crippen molar-refractivity contribution in [2.75, 3.05) is 12.3 Å². The Morgan fingerprint density at radius 3 is 2.40 bits per heavy atom. The molecular formula is C13H23N5O7. The molecule has 2 aromatic heterocycles. The van der Waals surface area contributed by atoms with Crippen molar-refractivity contribution in [1.82, 2.24) is 19.5 Å². The molecular weight excluding hydrogens is 338 g/mol. The van der Waals surface area contributed by atoms with Crippen LogP contribution in [-0.4, -0.2) is 75.8 Å². The van der Waals surface area contributed by atoms with Crippen LogP contribution >= 0.6 is 0 Å². The third-order valence-corrected chi connectivity index (χ3v) is 3.82. The summed E-state index contributed by atoms with van der Waals surface area (Å²) in [5.41, 5.74) is 4.91. The molecule has 12 nitrogen and oxygen atoms in total. The zero-order valence-electron chi connectivity index (χ0n) is 13.7. The highest BCUT2D eigenvalue weighted by molar-refractivity contribution is 5.82. The SMILES string of the molecule is CC(C)(O)c1nc2c(N)ncnc2n1[C@@H]1O[C@H](CO)[C@@H](O)[C@H]1O.O.O. The molecule has 1 aliphatic rings. The van der Waals surface area contributed by atoms with E-state index in [-0.39, 0.29) is 33.8 Å². The number of nitrogen functional groups attached to an aromatic ring is 1. The Morgan fingerprint density at radius 2 is 1.88 bits per heavy atom. The highest BCUT2D eigenvalue weighted by atomic mass is 16.6. The first-order valence-corrected chi connectivity index (χ1v) is 7.09. The van der Waals surface area contributed by atoms with Gasteiger partial charge in [-0.1, -0.05) is 0 Å². The minimum absolute atomic E-state index is 0. The number of anilines is 1. The molecule has 2 aromatic rings. The van der Waals surface area contributed by atoms with Crippen molar-refractivity contribution in [3.8, 4) is 0 Å².